The number of aliphatic hydroxyl groups is 1. The number of nitrogens with zero attached hydrogens (tertiary/aromatic N) is 1. The molecule has 1 heterocycles. The minimum absolute atomic E-state index is 0.121. The fourth-order valence-electron chi connectivity index (χ4n) is 2.33. The Bertz CT molecular complexity index is 481. The second-order valence-corrected chi connectivity index (χ2v) is 5.32. The van der Waals surface area contributed by atoms with Crippen LogP contribution in [0.4, 0.5) is 10.5 Å². The molecule has 6 heteroatoms. The number of urea groups is 1. The van der Waals surface area contributed by atoms with Gasteiger partial charge in [-0.15, -0.1) is 0 Å². The number of carbonyl (C=O) groups excluding carboxylic acids is 1. The number of hydrogen-bond donors (Lipinski definition) is 2. The monoisotopic (exact) mass is 298 g/mol. The van der Waals surface area contributed by atoms with Crippen LogP contribution in [-0.2, 0) is 11.3 Å². The molecule has 1 aromatic rings. The zero-order chi connectivity index (χ0) is 14.5. The van der Waals surface area contributed by atoms with Gasteiger partial charge in [0.1, 0.15) is 0 Å². The number of benzene rings is 1. The molecule has 5 nitrogen and oxygen atoms in total. The number of halogens is 1. The summed E-state index contributed by atoms with van der Waals surface area (Å²) in [5, 5.41) is 12.5. The van der Waals surface area contributed by atoms with E-state index in [1.165, 1.54) is 0 Å². The Morgan fingerprint density at radius 3 is 3.05 bits per heavy atom. The highest BCUT2D eigenvalue weighted by Gasteiger charge is 2.26. The van der Waals surface area contributed by atoms with Crippen molar-refractivity contribution in [3.05, 3.63) is 28.8 Å². The molecule has 0 aromatic heterocycles. The summed E-state index contributed by atoms with van der Waals surface area (Å²) in [6.07, 6.45) is 0.838. The third kappa shape index (κ3) is 3.42. The minimum Gasteiger partial charge on any atom is -0.396 e. The van der Waals surface area contributed by atoms with Gasteiger partial charge in [0.25, 0.3) is 0 Å². The maximum absolute atomic E-state index is 12.2. The van der Waals surface area contributed by atoms with E-state index in [9.17, 15) is 4.79 Å². The van der Waals surface area contributed by atoms with Crippen LogP contribution in [0.3, 0.4) is 0 Å². The van der Waals surface area contributed by atoms with Crippen LogP contribution >= 0.6 is 11.6 Å². The van der Waals surface area contributed by atoms with E-state index >= 15 is 0 Å². The summed E-state index contributed by atoms with van der Waals surface area (Å²) in [6, 6.07) is 5.19. The van der Waals surface area contributed by atoms with E-state index in [1.807, 2.05) is 0 Å². The van der Waals surface area contributed by atoms with Crippen LogP contribution in [0.2, 0.25) is 5.02 Å². The zero-order valence-electron chi connectivity index (χ0n) is 11.4. The summed E-state index contributed by atoms with van der Waals surface area (Å²) in [7, 11) is 1.58. The quantitative estimate of drug-likeness (QED) is 0.897. The van der Waals surface area contributed by atoms with Crippen molar-refractivity contribution in [1.29, 1.82) is 0 Å². The number of rotatable bonds is 4. The second kappa shape index (κ2) is 6.92. The second-order valence-electron chi connectivity index (χ2n) is 4.91. The molecule has 0 bridgehead atoms. The van der Waals surface area contributed by atoms with Crippen LogP contribution in [0.15, 0.2) is 18.2 Å². The molecule has 1 unspecified atom stereocenters. The average molecular weight is 299 g/mol. The number of amides is 2. The van der Waals surface area contributed by atoms with Gasteiger partial charge in [-0.3, -0.25) is 0 Å². The third-order valence-electron chi connectivity index (χ3n) is 3.48. The summed E-state index contributed by atoms with van der Waals surface area (Å²) < 4.78 is 5.11. The van der Waals surface area contributed by atoms with Crippen molar-refractivity contribution >= 4 is 23.3 Å². The summed E-state index contributed by atoms with van der Waals surface area (Å²) in [5.41, 5.74) is 1.43. The first-order valence-corrected chi connectivity index (χ1v) is 6.96. The highest BCUT2D eigenvalue weighted by atomic mass is 35.5. The number of aliphatic hydroxyl groups excluding tert-OH is 1. The van der Waals surface area contributed by atoms with E-state index in [0.717, 1.165) is 12.0 Å². The first-order valence-electron chi connectivity index (χ1n) is 6.58. The zero-order valence-corrected chi connectivity index (χ0v) is 12.2. The van der Waals surface area contributed by atoms with Crippen molar-refractivity contribution in [3.63, 3.8) is 0 Å². The fourth-order valence-corrected chi connectivity index (χ4v) is 2.56. The molecule has 0 saturated carbocycles. The predicted molar refractivity (Wildman–Crippen MR) is 77.9 cm³/mol. The van der Waals surface area contributed by atoms with E-state index in [1.54, 1.807) is 30.2 Å². The Kier molecular flexibility index (Phi) is 5.23. The molecule has 2 rings (SSSR count). The Hall–Kier alpha value is -1.30. The standard InChI is InChI=1S/C14H19ClN2O3/c1-20-9-11-12(15)3-2-4-13(11)16-14(19)17-6-5-10(7-17)8-18/h2-4,10,18H,5-9H2,1H3,(H,16,19). The van der Waals surface area contributed by atoms with Crippen LogP contribution in [0.5, 0.6) is 0 Å². The Balaban J connectivity index is 2.06. The molecule has 110 valence electrons. The Morgan fingerprint density at radius 1 is 1.60 bits per heavy atom. The predicted octanol–water partition coefficient (Wildman–Crippen LogP) is 2.33. The Labute approximate surface area is 123 Å². The molecule has 2 amide bonds. The van der Waals surface area contributed by atoms with Gasteiger partial charge in [0.15, 0.2) is 0 Å². The molecule has 1 fully saturated rings. The summed E-state index contributed by atoms with van der Waals surface area (Å²) in [6.45, 7) is 1.71. The van der Waals surface area contributed by atoms with Crippen molar-refractivity contribution in [3.8, 4) is 0 Å². The first kappa shape index (κ1) is 15.1. The van der Waals surface area contributed by atoms with Crippen LogP contribution in [0.1, 0.15) is 12.0 Å². The lowest BCUT2D eigenvalue weighted by Crippen LogP contribution is -2.33. The topological polar surface area (TPSA) is 61.8 Å². The van der Waals surface area contributed by atoms with E-state index < -0.39 is 0 Å². The number of ether oxygens (including phenoxy) is 1. The molecule has 20 heavy (non-hydrogen) atoms. The number of anilines is 1. The van der Waals surface area contributed by atoms with Gasteiger partial charge in [0.05, 0.1) is 6.61 Å². The molecule has 0 radical (unpaired) electrons. The fraction of sp³-hybridized carbons (Fsp3) is 0.500. The molecule has 1 aromatic carbocycles. The highest BCUT2D eigenvalue weighted by Crippen LogP contribution is 2.26. The molecular weight excluding hydrogens is 280 g/mol. The van der Waals surface area contributed by atoms with Crippen LogP contribution in [0, 0.1) is 5.92 Å². The van der Waals surface area contributed by atoms with Crippen molar-refractivity contribution < 1.29 is 14.6 Å². The van der Waals surface area contributed by atoms with E-state index in [4.69, 9.17) is 21.4 Å². The van der Waals surface area contributed by atoms with Crippen LogP contribution in [-0.4, -0.2) is 42.8 Å². The maximum atomic E-state index is 12.2. The van der Waals surface area contributed by atoms with E-state index in [0.29, 0.717) is 30.4 Å². The molecule has 0 spiro atoms. The lowest BCUT2D eigenvalue weighted by atomic mass is 10.1. The van der Waals surface area contributed by atoms with Gasteiger partial charge in [-0.05, 0) is 18.6 Å². The van der Waals surface area contributed by atoms with Gasteiger partial charge >= 0.3 is 6.03 Å². The highest BCUT2D eigenvalue weighted by molar-refractivity contribution is 6.31. The first-order chi connectivity index (χ1) is 9.65. The number of methoxy groups -OCH3 is 1. The van der Waals surface area contributed by atoms with Gasteiger partial charge in [-0.2, -0.15) is 0 Å². The molecule has 1 atom stereocenters. The van der Waals surface area contributed by atoms with E-state index in [2.05, 4.69) is 5.32 Å². The SMILES string of the molecule is COCc1c(Cl)cccc1NC(=O)N1CCC(CO)C1. The number of nitrogens with one attached hydrogen (secondary N) is 1. The molecule has 1 aliphatic rings. The number of carbonyl (C=O) groups is 1. The van der Waals surface area contributed by atoms with Crippen molar-refractivity contribution in [2.24, 2.45) is 5.92 Å². The summed E-state index contributed by atoms with van der Waals surface area (Å²) in [5.74, 6) is 0.179. The summed E-state index contributed by atoms with van der Waals surface area (Å²) in [4.78, 5) is 13.9. The largest absolute Gasteiger partial charge is 0.396 e. The van der Waals surface area contributed by atoms with Gasteiger partial charge in [0.2, 0.25) is 0 Å². The number of hydrogen-bond acceptors (Lipinski definition) is 3. The molecule has 0 aliphatic carbocycles. The molecule has 1 saturated heterocycles. The normalized spacial score (nSPS) is 18.4. The van der Waals surface area contributed by atoms with Gasteiger partial charge < -0.3 is 20.1 Å². The maximum Gasteiger partial charge on any atom is 0.321 e. The average Bonchev–Trinajstić information content (AvgIpc) is 2.91. The lowest BCUT2D eigenvalue weighted by molar-refractivity contribution is 0.185. The molecule has 1 aliphatic heterocycles. The lowest BCUT2D eigenvalue weighted by Gasteiger charge is -2.19. The minimum atomic E-state index is -0.166. The Morgan fingerprint density at radius 2 is 2.40 bits per heavy atom. The van der Waals surface area contributed by atoms with Gasteiger partial charge in [-0.25, -0.2) is 4.79 Å². The van der Waals surface area contributed by atoms with E-state index in [-0.39, 0.29) is 18.6 Å². The van der Waals surface area contributed by atoms with Crippen molar-refractivity contribution in [2.45, 2.75) is 13.0 Å². The molecule has 2 N–H and O–H groups in total. The van der Waals surface area contributed by atoms with Crippen LogP contribution in [0.25, 0.3) is 0 Å². The van der Waals surface area contributed by atoms with Gasteiger partial charge in [0, 0.05) is 49.0 Å². The summed E-state index contributed by atoms with van der Waals surface area (Å²) >= 11 is 6.12. The number of likely N-dealkylation sites (tertiary alicyclic amines) is 1. The van der Waals surface area contributed by atoms with Crippen LogP contribution < -0.4 is 5.32 Å². The van der Waals surface area contributed by atoms with Crippen molar-refractivity contribution in [1.82, 2.24) is 4.90 Å². The third-order valence-corrected chi connectivity index (χ3v) is 3.83. The molecular formula is C14H19ClN2O3. The smallest absolute Gasteiger partial charge is 0.321 e. The van der Waals surface area contributed by atoms with Gasteiger partial charge in [-0.1, -0.05) is 17.7 Å². The van der Waals surface area contributed by atoms with Crippen molar-refractivity contribution in [2.75, 3.05) is 32.1 Å².